The van der Waals surface area contributed by atoms with E-state index >= 15 is 0 Å². The van der Waals surface area contributed by atoms with Gasteiger partial charge in [-0.2, -0.15) is 0 Å². The second kappa shape index (κ2) is 10.4. The van der Waals surface area contributed by atoms with Crippen LogP contribution >= 0.6 is 11.6 Å². The maximum absolute atomic E-state index is 10.2. The van der Waals surface area contributed by atoms with Crippen molar-refractivity contribution in [2.24, 2.45) is 46.3 Å². The highest BCUT2D eigenvalue weighted by Gasteiger charge is 2.59. The second-order valence-electron chi connectivity index (χ2n) is 12.4. The number of aliphatic hydroxyl groups excluding tert-OH is 1. The van der Waals surface area contributed by atoms with Crippen LogP contribution in [0.4, 0.5) is 4.79 Å². The standard InChI is InChI=1S/C27H46O.CHClO2/c1-18(2)7-6-8-19(3)23-11-12-24-22-10-9-20-17-21(28)13-15-26(20,4)25(22)14-16-27(23,24)5;2-1(3)4/h9,18-19,21-25,28H,6-8,10-17H2,1-5H3;(H,3,4)/t19?,21-,22-,23+,24-,25-,26-,27+;/m0./s1. The lowest BCUT2D eigenvalue weighted by Gasteiger charge is -2.58. The molecule has 1 unspecified atom stereocenters. The predicted octanol–water partition coefficient (Wildman–Crippen LogP) is 8.29. The summed E-state index contributed by atoms with van der Waals surface area (Å²) in [4.78, 5) is 8.77. The van der Waals surface area contributed by atoms with E-state index in [4.69, 9.17) is 9.90 Å². The average molecular weight is 467 g/mol. The maximum Gasteiger partial charge on any atom is 0.401 e. The van der Waals surface area contributed by atoms with E-state index in [1.807, 2.05) is 0 Å². The molecule has 3 saturated carbocycles. The molecule has 0 radical (unpaired) electrons. The number of halogens is 1. The first kappa shape index (κ1) is 26.1. The van der Waals surface area contributed by atoms with E-state index < -0.39 is 5.43 Å². The second-order valence-corrected chi connectivity index (χ2v) is 12.8. The van der Waals surface area contributed by atoms with Gasteiger partial charge in [-0.15, -0.1) is 0 Å². The molecule has 4 rings (SSSR count). The first-order valence-corrected chi connectivity index (χ1v) is 13.6. The fourth-order valence-corrected chi connectivity index (χ4v) is 8.67. The monoisotopic (exact) mass is 466 g/mol. The lowest BCUT2D eigenvalue weighted by Crippen LogP contribution is -2.50. The number of hydrogen-bond donors (Lipinski definition) is 2. The lowest BCUT2D eigenvalue weighted by atomic mass is 9.47. The summed E-state index contributed by atoms with van der Waals surface area (Å²) in [5.41, 5.74) is 1.24. The van der Waals surface area contributed by atoms with E-state index in [1.54, 1.807) is 5.57 Å². The van der Waals surface area contributed by atoms with Gasteiger partial charge in [0.05, 0.1) is 6.10 Å². The maximum atomic E-state index is 10.2. The zero-order valence-corrected chi connectivity index (χ0v) is 21.8. The smallest absolute Gasteiger partial charge is 0.401 e. The van der Waals surface area contributed by atoms with Crippen LogP contribution in [0.1, 0.15) is 105 Å². The van der Waals surface area contributed by atoms with Crippen molar-refractivity contribution in [1.29, 1.82) is 0 Å². The Balaban J connectivity index is 0.000000668. The average Bonchev–Trinajstić information content (AvgIpc) is 3.05. The van der Waals surface area contributed by atoms with Gasteiger partial charge in [-0.05, 0) is 97.7 Å². The number of aliphatic hydroxyl groups is 1. The molecule has 0 spiro atoms. The molecule has 0 aromatic rings. The summed E-state index contributed by atoms with van der Waals surface area (Å²) in [5, 5.41) is 17.4. The zero-order chi connectivity index (χ0) is 23.7. The van der Waals surface area contributed by atoms with Gasteiger partial charge in [0, 0.05) is 11.6 Å². The molecule has 32 heavy (non-hydrogen) atoms. The van der Waals surface area contributed by atoms with E-state index in [0.717, 1.165) is 48.3 Å². The molecule has 4 aliphatic carbocycles. The van der Waals surface area contributed by atoms with Gasteiger partial charge in [-0.3, -0.25) is 0 Å². The van der Waals surface area contributed by atoms with Crippen molar-refractivity contribution in [2.45, 2.75) is 111 Å². The molecule has 3 fully saturated rings. The van der Waals surface area contributed by atoms with Crippen molar-refractivity contribution in [3.8, 4) is 0 Å². The topological polar surface area (TPSA) is 57.5 Å². The molecule has 0 amide bonds. The van der Waals surface area contributed by atoms with Crippen molar-refractivity contribution in [2.75, 3.05) is 0 Å². The van der Waals surface area contributed by atoms with Crippen molar-refractivity contribution < 1.29 is 15.0 Å². The van der Waals surface area contributed by atoms with Gasteiger partial charge in [-0.25, -0.2) is 4.79 Å². The third kappa shape index (κ3) is 5.24. The Morgan fingerprint density at radius 1 is 1.09 bits per heavy atom. The minimum Gasteiger partial charge on any atom is -0.469 e. The van der Waals surface area contributed by atoms with Gasteiger partial charge in [0.25, 0.3) is 0 Å². The van der Waals surface area contributed by atoms with Gasteiger partial charge in [0.1, 0.15) is 0 Å². The van der Waals surface area contributed by atoms with Crippen LogP contribution in [-0.4, -0.2) is 21.7 Å². The van der Waals surface area contributed by atoms with E-state index in [2.05, 4.69) is 52.3 Å². The van der Waals surface area contributed by atoms with Gasteiger partial charge >= 0.3 is 5.43 Å². The highest BCUT2D eigenvalue weighted by molar-refractivity contribution is 6.60. The van der Waals surface area contributed by atoms with Crippen molar-refractivity contribution in [3.05, 3.63) is 11.6 Å². The van der Waals surface area contributed by atoms with Crippen LogP contribution in [-0.2, 0) is 0 Å². The highest BCUT2D eigenvalue weighted by atomic mass is 35.5. The van der Waals surface area contributed by atoms with Crippen LogP contribution in [0.25, 0.3) is 0 Å². The third-order valence-corrected chi connectivity index (χ3v) is 10.3. The van der Waals surface area contributed by atoms with Gasteiger partial charge < -0.3 is 10.2 Å². The normalized spacial score (nSPS) is 41.5. The summed E-state index contributed by atoms with van der Waals surface area (Å²) in [6.45, 7) is 12.6. The predicted molar refractivity (Wildman–Crippen MR) is 133 cm³/mol. The Bertz CT molecular complexity index is 684. The number of carboxylic acid groups (broad SMARTS) is 1. The van der Waals surface area contributed by atoms with Crippen molar-refractivity contribution >= 4 is 17.0 Å². The molecule has 0 bridgehead atoms. The Morgan fingerprint density at radius 3 is 2.44 bits per heavy atom. The number of fused-ring (bicyclic) bond motifs is 5. The molecule has 2 N–H and O–H groups in total. The van der Waals surface area contributed by atoms with E-state index in [1.165, 1.54) is 57.8 Å². The van der Waals surface area contributed by atoms with Crippen LogP contribution < -0.4 is 0 Å². The molecule has 0 aliphatic heterocycles. The Labute approximate surface area is 201 Å². The van der Waals surface area contributed by atoms with Gasteiger partial charge in [0.2, 0.25) is 0 Å². The van der Waals surface area contributed by atoms with E-state index in [0.29, 0.717) is 10.8 Å². The molecule has 4 aliphatic rings. The number of allylic oxidation sites excluding steroid dienone is 1. The summed E-state index contributed by atoms with van der Waals surface area (Å²) in [6, 6.07) is 0. The zero-order valence-electron chi connectivity index (χ0n) is 21.1. The van der Waals surface area contributed by atoms with Crippen LogP contribution in [0.5, 0.6) is 0 Å². The summed E-state index contributed by atoms with van der Waals surface area (Å²) >= 11 is 4.19. The van der Waals surface area contributed by atoms with Crippen molar-refractivity contribution in [3.63, 3.8) is 0 Å². The number of carbonyl (C=O) groups is 1. The van der Waals surface area contributed by atoms with Crippen LogP contribution in [0.3, 0.4) is 0 Å². The number of hydrogen-bond acceptors (Lipinski definition) is 2. The summed E-state index contributed by atoms with van der Waals surface area (Å²) in [5.74, 6) is 5.46. The quantitative estimate of drug-likeness (QED) is 0.316. The molecule has 0 saturated heterocycles. The molecule has 184 valence electrons. The molecule has 4 heteroatoms. The number of rotatable bonds is 5. The SMILES string of the molecule is CC(C)CCCC(C)[C@H]1CC[C@H]2[C@@H]3CC=C4C[C@@H](O)CC[C@]4(C)[C@H]3CC[C@]12C.O=C(O)Cl. The minimum atomic E-state index is -1.36. The van der Waals surface area contributed by atoms with Crippen LogP contribution in [0.2, 0.25) is 0 Å². The third-order valence-electron chi connectivity index (χ3n) is 10.3. The molecule has 8 atom stereocenters. The summed E-state index contributed by atoms with van der Waals surface area (Å²) in [7, 11) is 0. The van der Waals surface area contributed by atoms with Crippen LogP contribution in [0.15, 0.2) is 11.6 Å². The Kier molecular flexibility index (Phi) is 8.46. The molecular weight excluding hydrogens is 420 g/mol. The Hall–Kier alpha value is -0.540. The first-order chi connectivity index (χ1) is 15.0. The first-order valence-electron chi connectivity index (χ1n) is 13.2. The lowest BCUT2D eigenvalue weighted by molar-refractivity contribution is -0.0573. The van der Waals surface area contributed by atoms with Crippen LogP contribution in [0, 0.1) is 46.3 Å². The fraction of sp³-hybridized carbons (Fsp3) is 0.893. The largest absolute Gasteiger partial charge is 0.469 e. The van der Waals surface area contributed by atoms with Gasteiger partial charge in [0.15, 0.2) is 0 Å². The fourth-order valence-electron chi connectivity index (χ4n) is 8.67. The molecule has 0 aromatic heterocycles. The van der Waals surface area contributed by atoms with Crippen molar-refractivity contribution in [1.82, 2.24) is 0 Å². The van der Waals surface area contributed by atoms with Gasteiger partial charge in [-0.1, -0.05) is 65.5 Å². The molecule has 0 aromatic carbocycles. The molecular formula is C28H47ClO3. The van der Waals surface area contributed by atoms with E-state index in [9.17, 15) is 5.11 Å². The summed E-state index contributed by atoms with van der Waals surface area (Å²) in [6.07, 6.45) is 17.2. The minimum absolute atomic E-state index is 0.0766. The Morgan fingerprint density at radius 2 is 1.78 bits per heavy atom. The molecule has 0 heterocycles. The molecule has 3 nitrogen and oxygen atoms in total. The highest BCUT2D eigenvalue weighted by Crippen LogP contribution is 2.67. The van der Waals surface area contributed by atoms with E-state index in [-0.39, 0.29) is 6.10 Å². The summed E-state index contributed by atoms with van der Waals surface area (Å²) < 4.78 is 0.